The maximum atomic E-state index is 14.4. The first kappa shape index (κ1) is 26.8. The monoisotopic (exact) mass is 505 g/mol. The zero-order chi connectivity index (χ0) is 26.9. The fraction of sp³-hybridized carbons (Fsp3) is 0.435. The summed E-state index contributed by atoms with van der Waals surface area (Å²) >= 11 is 0. The molecule has 1 atom stereocenters. The lowest BCUT2D eigenvalue weighted by atomic mass is 10.0. The molecule has 0 bridgehead atoms. The highest BCUT2D eigenvalue weighted by Crippen LogP contribution is 2.30. The minimum absolute atomic E-state index is 0.0858. The number of hydrogen-bond donors (Lipinski definition) is 4. The molecule has 0 fully saturated rings. The Balaban J connectivity index is 1.98. The van der Waals surface area contributed by atoms with E-state index in [1.54, 1.807) is 6.07 Å². The van der Waals surface area contributed by atoms with Crippen LogP contribution in [0.2, 0.25) is 0 Å². The second-order valence-electron chi connectivity index (χ2n) is 9.34. The normalized spacial score (nSPS) is 13.3. The minimum Gasteiger partial charge on any atom is -0.387 e. The number of anilines is 1. The van der Waals surface area contributed by atoms with Gasteiger partial charge in [-0.15, -0.1) is 0 Å². The van der Waals surface area contributed by atoms with Crippen molar-refractivity contribution in [2.45, 2.75) is 51.0 Å². The number of amides is 1. The number of aromatic nitrogens is 4. The summed E-state index contributed by atoms with van der Waals surface area (Å²) in [5, 5.41) is 38.1. The van der Waals surface area contributed by atoms with E-state index in [-0.39, 0.29) is 17.1 Å². The quantitative estimate of drug-likeness (QED) is 0.346. The summed E-state index contributed by atoms with van der Waals surface area (Å²) in [5.74, 6) is -4.28. The van der Waals surface area contributed by atoms with E-state index >= 15 is 0 Å². The van der Waals surface area contributed by atoms with Gasteiger partial charge in [0.2, 0.25) is 0 Å². The molecule has 0 aliphatic heterocycles. The summed E-state index contributed by atoms with van der Waals surface area (Å²) in [4.78, 5) is 21.1. The number of carbonyl (C=O) groups excluding carboxylic acids is 1. The number of hydrogen-bond acceptors (Lipinski definition) is 8. The van der Waals surface area contributed by atoms with E-state index in [0.29, 0.717) is 16.6 Å². The van der Waals surface area contributed by atoms with E-state index in [9.17, 15) is 28.2 Å². The van der Waals surface area contributed by atoms with Gasteiger partial charge in [-0.05, 0) is 33.8 Å². The van der Waals surface area contributed by atoms with E-state index in [1.807, 2.05) is 6.07 Å². The molecule has 3 rings (SSSR count). The first-order valence-electron chi connectivity index (χ1n) is 10.9. The zero-order valence-corrected chi connectivity index (χ0v) is 20.1. The van der Waals surface area contributed by atoms with Crippen molar-refractivity contribution in [3.63, 3.8) is 0 Å². The van der Waals surface area contributed by atoms with Gasteiger partial charge < -0.3 is 20.8 Å². The average Bonchev–Trinajstić information content (AvgIpc) is 3.22. The summed E-state index contributed by atoms with van der Waals surface area (Å²) in [6.07, 6.45) is 2.09. The summed E-state index contributed by atoms with van der Waals surface area (Å²) < 4.78 is 44.3. The van der Waals surface area contributed by atoms with E-state index < -0.39 is 42.3 Å². The number of aliphatic hydroxyl groups is 2. The molecule has 3 aromatic rings. The van der Waals surface area contributed by atoms with Gasteiger partial charge in [0.25, 0.3) is 11.8 Å². The van der Waals surface area contributed by atoms with Crippen LogP contribution in [0.5, 0.6) is 0 Å². The smallest absolute Gasteiger partial charge is 0.292 e. The maximum absolute atomic E-state index is 14.4. The number of halogens is 3. The topological polar surface area (TPSA) is 149 Å². The number of nitriles is 1. The van der Waals surface area contributed by atoms with Crippen molar-refractivity contribution in [2.75, 3.05) is 18.4 Å². The molecule has 0 spiro atoms. The highest BCUT2D eigenvalue weighted by atomic mass is 19.3. The third-order valence-electron chi connectivity index (χ3n) is 5.49. The van der Waals surface area contributed by atoms with Gasteiger partial charge in [-0.25, -0.2) is 23.1 Å². The van der Waals surface area contributed by atoms with Crippen LogP contribution < -0.4 is 10.6 Å². The first-order valence-corrected chi connectivity index (χ1v) is 10.9. The van der Waals surface area contributed by atoms with Crippen molar-refractivity contribution in [3.8, 4) is 11.9 Å². The van der Waals surface area contributed by atoms with Crippen molar-refractivity contribution >= 4 is 22.6 Å². The number of carbonyl (C=O) groups is 1. The molecule has 0 aromatic carbocycles. The van der Waals surface area contributed by atoms with Crippen LogP contribution in [-0.2, 0) is 0 Å². The van der Waals surface area contributed by atoms with Crippen LogP contribution >= 0.6 is 0 Å². The van der Waals surface area contributed by atoms with Crippen LogP contribution in [-0.4, -0.2) is 72.3 Å². The highest BCUT2D eigenvalue weighted by molar-refractivity contribution is 5.99. The first-order chi connectivity index (χ1) is 16.6. The molecule has 3 heterocycles. The lowest BCUT2D eigenvalue weighted by Gasteiger charge is -2.29. The molecule has 1 amide bonds. The predicted octanol–water partition coefficient (Wildman–Crippen LogP) is 2.34. The third kappa shape index (κ3) is 5.72. The molecule has 0 aliphatic carbocycles. The number of fused-ring (bicyclic) bond motifs is 1. The Morgan fingerprint density at radius 1 is 1.17 bits per heavy atom. The average molecular weight is 506 g/mol. The van der Waals surface area contributed by atoms with Gasteiger partial charge in [0, 0.05) is 23.8 Å². The number of nitrogens with zero attached hydrogens (tertiary/aromatic N) is 5. The molecule has 0 saturated heterocycles. The summed E-state index contributed by atoms with van der Waals surface area (Å²) in [7, 11) is 0. The molecule has 13 heteroatoms. The van der Waals surface area contributed by atoms with Crippen LogP contribution in [0.4, 0.5) is 18.9 Å². The van der Waals surface area contributed by atoms with E-state index in [0.717, 1.165) is 20.0 Å². The van der Waals surface area contributed by atoms with E-state index in [1.165, 1.54) is 37.0 Å². The Labute approximate surface area is 204 Å². The molecule has 4 N–H and O–H groups in total. The number of pyridine rings is 2. The van der Waals surface area contributed by atoms with Crippen molar-refractivity contribution in [3.05, 3.63) is 41.9 Å². The lowest BCUT2D eigenvalue weighted by Crippen LogP contribution is -2.47. The Kier molecular flexibility index (Phi) is 7.24. The Hall–Kier alpha value is -3.76. The van der Waals surface area contributed by atoms with E-state index in [4.69, 9.17) is 5.26 Å². The molecular formula is C23H26F3N7O3. The van der Waals surface area contributed by atoms with Crippen LogP contribution in [0.3, 0.4) is 0 Å². The van der Waals surface area contributed by atoms with Gasteiger partial charge in [0.1, 0.15) is 17.8 Å². The highest BCUT2D eigenvalue weighted by Gasteiger charge is 2.45. The van der Waals surface area contributed by atoms with Gasteiger partial charge in [-0.3, -0.25) is 4.79 Å². The standard InChI is InChI=1S/C23H26F3N7O3/c1-21(2,35)17(24)11-30-20(34)15-10-28-18(6-16(15)31-12-23(25,26)22(3,4)36)33-19-14(9-32-33)5-13(7-27)8-29-19/h5-6,8-10,17,35-36H,11-12H2,1-4H3,(H,28,31)(H,30,34). The molecule has 3 aromatic heterocycles. The molecule has 0 aliphatic rings. The summed E-state index contributed by atoms with van der Waals surface area (Å²) in [5.41, 5.74) is -3.67. The summed E-state index contributed by atoms with van der Waals surface area (Å²) in [6.45, 7) is 2.84. The molecular weight excluding hydrogens is 479 g/mol. The number of rotatable bonds is 9. The van der Waals surface area contributed by atoms with Crippen molar-refractivity contribution < 1.29 is 28.2 Å². The van der Waals surface area contributed by atoms with Gasteiger partial charge in [0.05, 0.1) is 41.7 Å². The predicted molar refractivity (Wildman–Crippen MR) is 125 cm³/mol. The Morgan fingerprint density at radius 2 is 1.86 bits per heavy atom. The summed E-state index contributed by atoms with van der Waals surface area (Å²) in [6, 6.07) is 4.81. The number of alkyl halides is 3. The van der Waals surface area contributed by atoms with E-state index in [2.05, 4.69) is 25.7 Å². The van der Waals surface area contributed by atoms with Crippen LogP contribution in [0.25, 0.3) is 16.9 Å². The molecule has 0 radical (unpaired) electrons. The van der Waals surface area contributed by atoms with Crippen LogP contribution in [0, 0.1) is 11.3 Å². The Morgan fingerprint density at radius 3 is 2.47 bits per heavy atom. The molecule has 36 heavy (non-hydrogen) atoms. The van der Waals surface area contributed by atoms with Crippen LogP contribution in [0.1, 0.15) is 43.6 Å². The zero-order valence-electron chi connectivity index (χ0n) is 20.1. The maximum Gasteiger partial charge on any atom is 0.292 e. The van der Waals surface area contributed by atoms with Gasteiger partial charge in [-0.2, -0.15) is 15.0 Å². The Bertz CT molecular complexity index is 1310. The van der Waals surface area contributed by atoms with Crippen molar-refractivity contribution in [1.82, 2.24) is 25.1 Å². The number of nitrogens with one attached hydrogen (secondary N) is 2. The SMILES string of the molecule is CC(C)(O)C(F)CNC(=O)c1cnc(-n2ncc3cc(C#N)cnc32)cc1NCC(F)(F)C(C)(C)O. The lowest BCUT2D eigenvalue weighted by molar-refractivity contribution is -0.151. The van der Waals surface area contributed by atoms with Crippen molar-refractivity contribution in [2.24, 2.45) is 0 Å². The second-order valence-corrected chi connectivity index (χ2v) is 9.34. The fourth-order valence-electron chi connectivity index (χ4n) is 2.99. The largest absolute Gasteiger partial charge is 0.387 e. The van der Waals surface area contributed by atoms with Crippen LogP contribution in [0.15, 0.2) is 30.7 Å². The molecule has 10 nitrogen and oxygen atoms in total. The minimum atomic E-state index is -3.58. The third-order valence-corrected chi connectivity index (χ3v) is 5.49. The van der Waals surface area contributed by atoms with Gasteiger partial charge in [-0.1, -0.05) is 0 Å². The molecule has 1 unspecified atom stereocenters. The molecule has 192 valence electrons. The molecule has 0 saturated carbocycles. The van der Waals surface area contributed by atoms with Gasteiger partial charge in [0.15, 0.2) is 11.5 Å². The van der Waals surface area contributed by atoms with Crippen molar-refractivity contribution in [1.29, 1.82) is 5.26 Å². The van der Waals surface area contributed by atoms with Gasteiger partial charge >= 0.3 is 0 Å². The fourth-order valence-corrected chi connectivity index (χ4v) is 2.99. The second kappa shape index (κ2) is 9.71.